The summed E-state index contributed by atoms with van der Waals surface area (Å²) in [5.41, 5.74) is 2.52. The largest absolute Gasteiger partial charge is 0.373 e. The highest BCUT2D eigenvalue weighted by atomic mass is 35.5. The fraction of sp³-hybridized carbons (Fsp3) is 0.588. The molecule has 0 radical (unpaired) electrons. The lowest BCUT2D eigenvalue weighted by Crippen LogP contribution is -2.44. The molecule has 1 atom stereocenters. The van der Waals surface area contributed by atoms with Crippen LogP contribution in [0.2, 0.25) is 0 Å². The molecule has 2 heterocycles. The number of fused-ring (bicyclic) bond motifs is 1. The fourth-order valence-electron chi connectivity index (χ4n) is 3.35. The summed E-state index contributed by atoms with van der Waals surface area (Å²) < 4.78 is 5.85. The van der Waals surface area contributed by atoms with Crippen LogP contribution in [0.4, 0.5) is 0 Å². The van der Waals surface area contributed by atoms with E-state index >= 15 is 0 Å². The average Bonchev–Trinajstić information content (AvgIpc) is 2.55. The van der Waals surface area contributed by atoms with Crippen LogP contribution in [0.3, 0.4) is 0 Å². The van der Waals surface area contributed by atoms with Gasteiger partial charge in [0.2, 0.25) is 5.91 Å². The molecule has 1 saturated heterocycles. The summed E-state index contributed by atoms with van der Waals surface area (Å²) >= 11 is 0. The van der Waals surface area contributed by atoms with Crippen molar-refractivity contribution in [2.45, 2.75) is 37.8 Å². The third kappa shape index (κ3) is 3.80. The molecule has 0 saturated carbocycles. The second-order valence-electron chi connectivity index (χ2n) is 6.00. The zero-order valence-electron chi connectivity index (χ0n) is 13.1. The molecule has 122 valence electrons. The third-order valence-corrected chi connectivity index (χ3v) is 4.70. The summed E-state index contributed by atoms with van der Waals surface area (Å²) in [5, 5.41) is 3.34. The van der Waals surface area contributed by atoms with Gasteiger partial charge in [-0.2, -0.15) is 0 Å². The van der Waals surface area contributed by atoms with Crippen LogP contribution >= 0.6 is 12.4 Å². The maximum Gasteiger partial charge on any atom is 0.225 e. The molecule has 1 aromatic carbocycles. The number of halogens is 1. The highest BCUT2D eigenvalue weighted by Crippen LogP contribution is 2.30. The number of carbonyl (C=O) groups is 1. The van der Waals surface area contributed by atoms with Crippen molar-refractivity contribution in [1.29, 1.82) is 0 Å². The Kier molecular flexibility index (Phi) is 6.24. The van der Waals surface area contributed by atoms with Crippen molar-refractivity contribution in [2.24, 2.45) is 0 Å². The van der Waals surface area contributed by atoms with Gasteiger partial charge in [0.25, 0.3) is 0 Å². The number of amides is 1. The van der Waals surface area contributed by atoms with E-state index in [-0.39, 0.29) is 24.4 Å². The molecular formula is C17H25ClN2O2. The topological polar surface area (TPSA) is 41.6 Å². The first-order chi connectivity index (χ1) is 10.3. The van der Waals surface area contributed by atoms with Crippen molar-refractivity contribution < 1.29 is 9.53 Å². The number of ether oxygens (including phenoxy) is 1. The first kappa shape index (κ1) is 17.3. The van der Waals surface area contributed by atoms with Crippen LogP contribution in [0.15, 0.2) is 24.3 Å². The van der Waals surface area contributed by atoms with E-state index in [4.69, 9.17) is 4.74 Å². The minimum atomic E-state index is -0.0772. The Morgan fingerprint density at radius 3 is 2.82 bits per heavy atom. The van der Waals surface area contributed by atoms with Crippen molar-refractivity contribution in [3.8, 4) is 0 Å². The van der Waals surface area contributed by atoms with Crippen LogP contribution in [-0.4, -0.2) is 43.6 Å². The molecule has 3 rings (SSSR count). The van der Waals surface area contributed by atoms with Gasteiger partial charge >= 0.3 is 0 Å². The Bertz CT molecular complexity index is 503. The molecule has 1 fully saturated rings. The highest BCUT2D eigenvalue weighted by Gasteiger charge is 2.27. The number of carbonyl (C=O) groups excluding carboxylic acids is 1. The van der Waals surface area contributed by atoms with Crippen LogP contribution in [-0.2, 0) is 16.0 Å². The molecule has 2 aliphatic heterocycles. The maximum absolute atomic E-state index is 12.5. The molecule has 1 N–H and O–H groups in total. The van der Waals surface area contributed by atoms with Crippen molar-refractivity contribution in [1.82, 2.24) is 10.2 Å². The number of hydrogen-bond donors (Lipinski definition) is 1. The van der Waals surface area contributed by atoms with Gasteiger partial charge in [-0.05, 0) is 43.5 Å². The monoisotopic (exact) mass is 324 g/mol. The lowest BCUT2D eigenvalue weighted by atomic mass is 9.95. The summed E-state index contributed by atoms with van der Waals surface area (Å²) in [6.45, 7) is 2.72. The van der Waals surface area contributed by atoms with Gasteiger partial charge < -0.3 is 15.0 Å². The minimum Gasteiger partial charge on any atom is -0.373 e. The standard InChI is InChI=1S/C17H24N2O2.ClH/c1-19(14-6-9-18-10-7-14)17(20)12-16-15-5-3-2-4-13(15)8-11-21-16;/h2-5,14,16,18H,6-12H2,1H3;1H. The molecule has 0 aliphatic carbocycles. The lowest BCUT2D eigenvalue weighted by molar-refractivity contribution is -0.135. The molecule has 22 heavy (non-hydrogen) atoms. The number of rotatable bonds is 3. The SMILES string of the molecule is CN(C(=O)CC1OCCc2ccccc21)C1CCNCC1.Cl. The Balaban J connectivity index is 0.00000176. The summed E-state index contributed by atoms with van der Waals surface area (Å²) in [6, 6.07) is 8.70. The van der Waals surface area contributed by atoms with Crippen molar-refractivity contribution in [2.75, 3.05) is 26.7 Å². The van der Waals surface area contributed by atoms with Crippen LogP contribution in [0, 0.1) is 0 Å². The molecule has 1 aromatic rings. The van der Waals surface area contributed by atoms with E-state index in [1.54, 1.807) is 0 Å². The Labute approximate surface area is 138 Å². The van der Waals surface area contributed by atoms with E-state index < -0.39 is 0 Å². The molecule has 0 spiro atoms. The second-order valence-corrected chi connectivity index (χ2v) is 6.00. The summed E-state index contributed by atoms with van der Waals surface area (Å²) in [6.07, 6.45) is 3.42. The number of benzene rings is 1. The van der Waals surface area contributed by atoms with Crippen molar-refractivity contribution in [3.63, 3.8) is 0 Å². The first-order valence-corrected chi connectivity index (χ1v) is 7.91. The zero-order valence-corrected chi connectivity index (χ0v) is 13.9. The predicted octanol–water partition coefficient (Wildman–Crippen LogP) is 2.32. The molecule has 1 unspecified atom stereocenters. The van der Waals surface area contributed by atoms with Gasteiger partial charge in [0, 0.05) is 13.1 Å². The van der Waals surface area contributed by atoms with E-state index in [1.807, 2.05) is 18.0 Å². The third-order valence-electron chi connectivity index (χ3n) is 4.70. The number of nitrogens with zero attached hydrogens (tertiary/aromatic N) is 1. The molecular weight excluding hydrogens is 300 g/mol. The number of piperidine rings is 1. The van der Waals surface area contributed by atoms with E-state index in [9.17, 15) is 4.79 Å². The Morgan fingerprint density at radius 1 is 1.32 bits per heavy atom. The average molecular weight is 325 g/mol. The molecule has 0 bridgehead atoms. The van der Waals surface area contributed by atoms with Crippen molar-refractivity contribution in [3.05, 3.63) is 35.4 Å². The first-order valence-electron chi connectivity index (χ1n) is 7.91. The Hall–Kier alpha value is -1.10. The van der Waals surface area contributed by atoms with E-state index in [0.29, 0.717) is 19.1 Å². The molecule has 2 aliphatic rings. The normalized spacial score (nSPS) is 21.6. The molecule has 0 aromatic heterocycles. The van der Waals surface area contributed by atoms with Crippen molar-refractivity contribution >= 4 is 18.3 Å². The van der Waals surface area contributed by atoms with Gasteiger partial charge in [0.05, 0.1) is 19.1 Å². The predicted molar refractivity (Wildman–Crippen MR) is 89.4 cm³/mol. The number of nitrogens with one attached hydrogen (secondary N) is 1. The quantitative estimate of drug-likeness (QED) is 0.927. The number of hydrogen-bond acceptors (Lipinski definition) is 3. The summed E-state index contributed by atoms with van der Waals surface area (Å²) in [4.78, 5) is 14.5. The van der Waals surface area contributed by atoms with Gasteiger partial charge in [-0.25, -0.2) is 0 Å². The van der Waals surface area contributed by atoms with Gasteiger partial charge in [0.15, 0.2) is 0 Å². The van der Waals surface area contributed by atoms with Gasteiger partial charge in [-0.3, -0.25) is 4.79 Å². The lowest BCUT2D eigenvalue weighted by Gasteiger charge is -2.33. The van der Waals surface area contributed by atoms with Gasteiger partial charge in [-0.1, -0.05) is 24.3 Å². The summed E-state index contributed by atoms with van der Waals surface area (Å²) in [7, 11) is 1.94. The fourth-order valence-corrected chi connectivity index (χ4v) is 3.35. The van der Waals surface area contributed by atoms with Crippen LogP contribution in [0.1, 0.15) is 36.5 Å². The zero-order chi connectivity index (χ0) is 14.7. The maximum atomic E-state index is 12.5. The van der Waals surface area contributed by atoms with Gasteiger partial charge in [-0.15, -0.1) is 12.4 Å². The van der Waals surface area contributed by atoms with E-state index in [1.165, 1.54) is 11.1 Å². The van der Waals surface area contributed by atoms with Crippen LogP contribution in [0.25, 0.3) is 0 Å². The Morgan fingerprint density at radius 2 is 2.05 bits per heavy atom. The minimum absolute atomic E-state index is 0. The van der Waals surface area contributed by atoms with Crippen LogP contribution < -0.4 is 5.32 Å². The molecule has 4 nitrogen and oxygen atoms in total. The molecule has 5 heteroatoms. The highest BCUT2D eigenvalue weighted by molar-refractivity contribution is 5.85. The molecule has 1 amide bonds. The van der Waals surface area contributed by atoms with E-state index in [2.05, 4.69) is 23.5 Å². The summed E-state index contributed by atoms with van der Waals surface area (Å²) in [5.74, 6) is 0.198. The van der Waals surface area contributed by atoms with Gasteiger partial charge in [0.1, 0.15) is 0 Å². The smallest absolute Gasteiger partial charge is 0.225 e. The second kappa shape index (κ2) is 7.95. The van der Waals surface area contributed by atoms with Crippen LogP contribution in [0.5, 0.6) is 0 Å². The van der Waals surface area contributed by atoms with E-state index in [0.717, 1.165) is 32.4 Å².